The highest BCUT2D eigenvalue weighted by Crippen LogP contribution is 2.41. The molecule has 1 nitrogen and oxygen atoms in total. The summed E-state index contributed by atoms with van der Waals surface area (Å²) in [6.45, 7) is 11.0. The minimum Gasteiger partial charge on any atom is -0.298 e. The molecule has 0 aromatic heterocycles. The van der Waals surface area contributed by atoms with E-state index in [0.717, 1.165) is 19.5 Å². The molecule has 1 unspecified atom stereocenters. The van der Waals surface area contributed by atoms with Crippen molar-refractivity contribution in [1.29, 1.82) is 0 Å². The molecule has 19 heavy (non-hydrogen) atoms. The summed E-state index contributed by atoms with van der Waals surface area (Å²) in [4.78, 5) is 2.50. The molecule has 1 heteroatoms. The number of nitrogens with zero attached hydrogens (tertiary/aromatic N) is 1. The van der Waals surface area contributed by atoms with E-state index in [1.807, 2.05) is 12.2 Å². The summed E-state index contributed by atoms with van der Waals surface area (Å²) in [7, 11) is 0. The third-order valence-electron chi connectivity index (χ3n) is 4.24. The van der Waals surface area contributed by atoms with E-state index in [2.05, 4.69) is 42.3 Å². The molecule has 1 heterocycles. The molecule has 2 aliphatic rings. The van der Waals surface area contributed by atoms with E-state index in [0.29, 0.717) is 5.92 Å². The molecule has 1 aliphatic carbocycles. The molecule has 0 N–H and O–H groups in total. The second kappa shape index (κ2) is 5.18. The standard InChI is InChI=1S/C18H21N/c1-3-5-14-6-7-17-16(11-14)12-15-8-10-19(9-4-2)13-18(15)17/h3-4,6-7,11-12,18H,1-2,5,8-10,13H2. The van der Waals surface area contributed by atoms with E-state index in [1.165, 1.54) is 29.7 Å². The number of rotatable bonds is 4. The molecule has 1 saturated heterocycles. The summed E-state index contributed by atoms with van der Waals surface area (Å²) in [6.07, 6.45) is 8.56. The van der Waals surface area contributed by atoms with Crippen molar-refractivity contribution in [2.45, 2.75) is 18.8 Å². The highest BCUT2D eigenvalue weighted by Gasteiger charge is 2.30. The van der Waals surface area contributed by atoms with Crippen LogP contribution < -0.4 is 0 Å². The molecule has 0 spiro atoms. The van der Waals surface area contributed by atoms with Gasteiger partial charge < -0.3 is 0 Å². The van der Waals surface area contributed by atoms with Crippen LogP contribution in [0.15, 0.2) is 49.1 Å². The molecular weight excluding hydrogens is 230 g/mol. The van der Waals surface area contributed by atoms with Crippen LogP contribution in [-0.2, 0) is 6.42 Å². The van der Waals surface area contributed by atoms with Gasteiger partial charge in [-0.3, -0.25) is 4.90 Å². The van der Waals surface area contributed by atoms with Crippen molar-refractivity contribution in [2.24, 2.45) is 0 Å². The maximum atomic E-state index is 3.85. The topological polar surface area (TPSA) is 3.24 Å². The lowest BCUT2D eigenvalue weighted by atomic mass is 9.89. The van der Waals surface area contributed by atoms with Gasteiger partial charge in [-0.25, -0.2) is 0 Å². The molecule has 1 aromatic carbocycles. The van der Waals surface area contributed by atoms with Crippen LogP contribution in [0.5, 0.6) is 0 Å². The molecule has 0 amide bonds. The first-order valence-electron chi connectivity index (χ1n) is 7.09. The minimum atomic E-state index is 0.612. The average molecular weight is 251 g/mol. The van der Waals surface area contributed by atoms with Gasteiger partial charge in [0.2, 0.25) is 0 Å². The average Bonchev–Trinajstić information content (AvgIpc) is 2.77. The van der Waals surface area contributed by atoms with Crippen LogP contribution >= 0.6 is 0 Å². The Bertz CT molecular complexity index is 539. The molecule has 1 aliphatic heterocycles. The van der Waals surface area contributed by atoms with Crippen LogP contribution in [0.25, 0.3) is 6.08 Å². The molecule has 1 atom stereocenters. The first kappa shape index (κ1) is 12.4. The molecule has 0 saturated carbocycles. The highest BCUT2D eigenvalue weighted by atomic mass is 15.1. The molecule has 3 rings (SSSR count). The fourth-order valence-electron chi connectivity index (χ4n) is 3.31. The number of likely N-dealkylation sites (tertiary alicyclic amines) is 1. The van der Waals surface area contributed by atoms with Gasteiger partial charge in [-0.2, -0.15) is 0 Å². The van der Waals surface area contributed by atoms with E-state index in [-0.39, 0.29) is 0 Å². The number of benzene rings is 1. The third-order valence-corrected chi connectivity index (χ3v) is 4.24. The number of fused-ring (bicyclic) bond motifs is 3. The van der Waals surface area contributed by atoms with E-state index in [1.54, 1.807) is 5.57 Å². The Morgan fingerprint density at radius 2 is 2.16 bits per heavy atom. The second-order valence-corrected chi connectivity index (χ2v) is 5.53. The zero-order chi connectivity index (χ0) is 13.2. The molecule has 0 bridgehead atoms. The molecular formula is C18H21N. The lowest BCUT2D eigenvalue weighted by molar-refractivity contribution is 0.267. The van der Waals surface area contributed by atoms with Gasteiger partial charge in [-0.15, -0.1) is 13.2 Å². The maximum absolute atomic E-state index is 3.85. The van der Waals surface area contributed by atoms with Gasteiger partial charge in [0.05, 0.1) is 0 Å². The SMILES string of the molecule is C=CCc1ccc2c(c1)C=C1CCN(CC=C)CC12. The summed E-state index contributed by atoms with van der Waals surface area (Å²) < 4.78 is 0. The fourth-order valence-corrected chi connectivity index (χ4v) is 3.31. The number of hydrogen-bond donors (Lipinski definition) is 0. The van der Waals surface area contributed by atoms with Gasteiger partial charge >= 0.3 is 0 Å². The molecule has 1 aromatic rings. The van der Waals surface area contributed by atoms with Gasteiger partial charge in [-0.1, -0.05) is 42.0 Å². The Balaban J connectivity index is 1.86. The van der Waals surface area contributed by atoms with Crippen LogP contribution in [0.2, 0.25) is 0 Å². The molecule has 0 radical (unpaired) electrons. The number of allylic oxidation sites excluding steroid dienone is 1. The zero-order valence-corrected chi connectivity index (χ0v) is 11.4. The number of hydrogen-bond acceptors (Lipinski definition) is 1. The lowest BCUT2D eigenvalue weighted by Crippen LogP contribution is -2.34. The maximum Gasteiger partial charge on any atom is 0.0186 e. The van der Waals surface area contributed by atoms with Crippen LogP contribution in [-0.4, -0.2) is 24.5 Å². The van der Waals surface area contributed by atoms with Gasteiger partial charge in [-0.05, 0) is 29.5 Å². The Morgan fingerprint density at radius 1 is 1.26 bits per heavy atom. The Morgan fingerprint density at radius 3 is 2.95 bits per heavy atom. The normalized spacial score (nSPS) is 21.5. The summed E-state index contributed by atoms with van der Waals surface area (Å²) in [6, 6.07) is 6.91. The van der Waals surface area contributed by atoms with Crippen LogP contribution in [0.3, 0.4) is 0 Å². The summed E-state index contributed by atoms with van der Waals surface area (Å²) in [5.41, 5.74) is 5.93. The zero-order valence-electron chi connectivity index (χ0n) is 11.4. The quantitative estimate of drug-likeness (QED) is 0.736. The third kappa shape index (κ3) is 2.31. The monoisotopic (exact) mass is 251 g/mol. The lowest BCUT2D eigenvalue weighted by Gasteiger charge is -2.32. The van der Waals surface area contributed by atoms with Crippen molar-refractivity contribution >= 4 is 6.08 Å². The van der Waals surface area contributed by atoms with E-state index in [9.17, 15) is 0 Å². The molecule has 98 valence electrons. The largest absolute Gasteiger partial charge is 0.298 e. The minimum absolute atomic E-state index is 0.612. The highest BCUT2D eigenvalue weighted by molar-refractivity contribution is 5.67. The van der Waals surface area contributed by atoms with Gasteiger partial charge in [0.15, 0.2) is 0 Å². The Labute approximate surface area is 115 Å². The second-order valence-electron chi connectivity index (χ2n) is 5.53. The van der Waals surface area contributed by atoms with Crippen molar-refractivity contribution in [3.05, 3.63) is 65.8 Å². The van der Waals surface area contributed by atoms with Crippen molar-refractivity contribution in [2.75, 3.05) is 19.6 Å². The summed E-state index contributed by atoms with van der Waals surface area (Å²) in [5.74, 6) is 0.612. The van der Waals surface area contributed by atoms with Crippen LogP contribution in [0, 0.1) is 0 Å². The van der Waals surface area contributed by atoms with E-state index in [4.69, 9.17) is 0 Å². The summed E-state index contributed by atoms with van der Waals surface area (Å²) >= 11 is 0. The first-order valence-corrected chi connectivity index (χ1v) is 7.09. The van der Waals surface area contributed by atoms with Crippen molar-refractivity contribution in [1.82, 2.24) is 4.90 Å². The Hall–Kier alpha value is -1.60. The van der Waals surface area contributed by atoms with Crippen molar-refractivity contribution in [3.8, 4) is 0 Å². The van der Waals surface area contributed by atoms with Crippen molar-refractivity contribution < 1.29 is 0 Å². The van der Waals surface area contributed by atoms with Gasteiger partial charge in [0.1, 0.15) is 0 Å². The van der Waals surface area contributed by atoms with Gasteiger partial charge in [0, 0.05) is 25.6 Å². The number of piperidine rings is 1. The smallest absolute Gasteiger partial charge is 0.0186 e. The first-order chi connectivity index (χ1) is 9.31. The predicted molar refractivity (Wildman–Crippen MR) is 82.3 cm³/mol. The van der Waals surface area contributed by atoms with E-state index < -0.39 is 0 Å². The van der Waals surface area contributed by atoms with Crippen molar-refractivity contribution in [3.63, 3.8) is 0 Å². The van der Waals surface area contributed by atoms with Gasteiger partial charge in [0.25, 0.3) is 0 Å². The summed E-state index contributed by atoms with van der Waals surface area (Å²) in [5, 5.41) is 0. The van der Waals surface area contributed by atoms with E-state index >= 15 is 0 Å². The molecule has 1 fully saturated rings. The predicted octanol–water partition coefficient (Wildman–Crippen LogP) is 3.79. The Kier molecular flexibility index (Phi) is 3.39. The fraction of sp³-hybridized carbons (Fsp3) is 0.333. The van der Waals surface area contributed by atoms with Crippen LogP contribution in [0.1, 0.15) is 29.0 Å². The van der Waals surface area contributed by atoms with Crippen LogP contribution in [0.4, 0.5) is 0 Å².